The molecular weight excluding hydrogens is 268 g/mol. The molecule has 2 N–H and O–H groups in total. The highest BCUT2D eigenvalue weighted by Crippen LogP contribution is 2.26. The van der Waals surface area contributed by atoms with Crippen LogP contribution in [0.3, 0.4) is 0 Å². The van der Waals surface area contributed by atoms with Gasteiger partial charge in [0, 0.05) is 6.08 Å². The number of rotatable bonds is 4. The summed E-state index contributed by atoms with van der Waals surface area (Å²) < 4.78 is 0. The van der Waals surface area contributed by atoms with Crippen molar-refractivity contribution in [2.45, 2.75) is 6.92 Å². The maximum atomic E-state index is 11.3. The van der Waals surface area contributed by atoms with E-state index in [2.05, 4.69) is 0 Å². The van der Waals surface area contributed by atoms with Crippen LogP contribution in [0.1, 0.15) is 27.0 Å². The molecule has 0 fully saturated rings. The largest absolute Gasteiger partial charge is 0.478 e. The van der Waals surface area contributed by atoms with E-state index in [1.165, 1.54) is 6.07 Å². The van der Waals surface area contributed by atoms with Gasteiger partial charge in [0.25, 0.3) is 0 Å². The minimum Gasteiger partial charge on any atom is -0.478 e. The Labute approximate surface area is 122 Å². The molecule has 2 aromatic carbocycles. The van der Waals surface area contributed by atoms with Gasteiger partial charge in [0.05, 0.1) is 5.56 Å². The summed E-state index contributed by atoms with van der Waals surface area (Å²) in [5, 5.41) is 18.3. The molecule has 0 radical (unpaired) electrons. The van der Waals surface area contributed by atoms with Crippen molar-refractivity contribution in [3.63, 3.8) is 0 Å². The van der Waals surface area contributed by atoms with Crippen LogP contribution in [0.5, 0.6) is 0 Å². The summed E-state index contributed by atoms with van der Waals surface area (Å²) >= 11 is 0. The maximum Gasteiger partial charge on any atom is 0.336 e. The van der Waals surface area contributed by atoms with Crippen molar-refractivity contribution >= 4 is 17.5 Å². The smallest absolute Gasteiger partial charge is 0.336 e. The number of aromatic carboxylic acids is 1. The Morgan fingerprint density at radius 2 is 1.48 bits per heavy atom. The van der Waals surface area contributed by atoms with Crippen LogP contribution in [0.4, 0.5) is 0 Å². The first-order valence-electron chi connectivity index (χ1n) is 6.33. The lowest BCUT2D eigenvalue weighted by Gasteiger charge is -2.11. The molecule has 4 heteroatoms. The fraction of sp³-hybridized carbons (Fsp3) is 0.0588. The molecule has 2 aromatic rings. The van der Waals surface area contributed by atoms with E-state index < -0.39 is 11.9 Å². The van der Waals surface area contributed by atoms with Crippen molar-refractivity contribution in [2.75, 3.05) is 0 Å². The summed E-state index contributed by atoms with van der Waals surface area (Å²) in [5.41, 5.74) is 2.54. The summed E-state index contributed by atoms with van der Waals surface area (Å²) in [6.45, 7) is 1.93. The molecule has 0 bridgehead atoms. The van der Waals surface area contributed by atoms with Crippen LogP contribution in [-0.2, 0) is 4.79 Å². The average molecular weight is 282 g/mol. The second-order valence-corrected chi connectivity index (χ2v) is 4.61. The van der Waals surface area contributed by atoms with Crippen LogP contribution in [0.25, 0.3) is 5.57 Å². The van der Waals surface area contributed by atoms with Gasteiger partial charge in [-0.2, -0.15) is 0 Å². The van der Waals surface area contributed by atoms with Gasteiger partial charge in [0.15, 0.2) is 0 Å². The summed E-state index contributed by atoms with van der Waals surface area (Å²) in [7, 11) is 0. The number of hydrogen-bond donors (Lipinski definition) is 2. The second-order valence-electron chi connectivity index (χ2n) is 4.61. The fourth-order valence-electron chi connectivity index (χ4n) is 2.08. The second kappa shape index (κ2) is 6.05. The van der Waals surface area contributed by atoms with Gasteiger partial charge in [0.2, 0.25) is 0 Å². The minimum atomic E-state index is -1.12. The first-order chi connectivity index (χ1) is 9.99. The molecule has 0 aliphatic rings. The zero-order valence-electron chi connectivity index (χ0n) is 11.4. The van der Waals surface area contributed by atoms with Gasteiger partial charge in [-0.1, -0.05) is 48.0 Å². The third-order valence-electron chi connectivity index (χ3n) is 3.08. The molecular formula is C17H14O4. The van der Waals surface area contributed by atoms with E-state index in [1.807, 2.05) is 19.1 Å². The topological polar surface area (TPSA) is 74.6 Å². The van der Waals surface area contributed by atoms with Crippen molar-refractivity contribution in [1.29, 1.82) is 0 Å². The lowest BCUT2D eigenvalue weighted by Crippen LogP contribution is -2.04. The Hall–Kier alpha value is -2.88. The molecule has 21 heavy (non-hydrogen) atoms. The van der Waals surface area contributed by atoms with Gasteiger partial charge < -0.3 is 10.2 Å². The number of carboxylic acid groups (broad SMARTS) is 2. The average Bonchev–Trinajstić information content (AvgIpc) is 2.45. The van der Waals surface area contributed by atoms with Crippen molar-refractivity contribution in [2.24, 2.45) is 0 Å². The van der Waals surface area contributed by atoms with Gasteiger partial charge in [-0.3, -0.25) is 0 Å². The number of hydrogen-bond acceptors (Lipinski definition) is 2. The van der Waals surface area contributed by atoms with Crippen LogP contribution < -0.4 is 0 Å². The third kappa shape index (κ3) is 3.36. The van der Waals surface area contributed by atoms with E-state index in [0.29, 0.717) is 16.7 Å². The molecule has 0 unspecified atom stereocenters. The lowest BCUT2D eigenvalue weighted by atomic mass is 9.93. The van der Waals surface area contributed by atoms with Crippen molar-refractivity contribution in [3.8, 4) is 0 Å². The summed E-state index contributed by atoms with van der Waals surface area (Å²) in [5.74, 6) is -2.21. The fourth-order valence-corrected chi connectivity index (χ4v) is 2.08. The van der Waals surface area contributed by atoms with E-state index in [0.717, 1.165) is 11.6 Å². The quantitative estimate of drug-likeness (QED) is 0.844. The molecule has 0 heterocycles. The maximum absolute atomic E-state index is 11.3. The Morgan fingerprint density at radius 3 is 2.00 bits per heavy atom. The van der Waals surface area contributed by atoms with Crippen molar-refractivity contribution in [1.82, 2.24) is 0 Å². The van der Waals surface area contributed by atoms with Crippen LogP contribution in [-0.4, -0.2) is 22.2 Å². The van der Waals surface area contributed by atoms with Gasteiger partial charge in [0.1, 0.15) is 0 Å². The number of aliphatic carboxylic acids is 1. The molecule has 0 spiro atoms. The highest BCUT2D eigenvalue weighted by Gasteiger charge is 2.15. The molecule has 0 saturated carbocycles. The first-order valence-corrected chi connectivity index (χ1v) is 6.33. The minimum absolute atomic E-state index is 0.0746. The third-order valence-corrected chi connectivity index (χ3v) is 3.08. The lowest BCUT2D eigenvalue weighted by molar-refractivity contribution is -0.131. The normalized spacial score (nSPS) is 11.2. The van der Waals surface area contributed by atoms with Crippen LogP contribution >= 0.6 is 0 Å². The highest BCUT2D eigenvalue weighted by molar-refractivity contribution is 6.01. The van der Waals surface area contributed by atoms with Gasteiger partial charge in [-0.15, -0.1) is 0 Å². The molecule has 0 amide bonds. The van der Waals surface area contributed by atoms with Crippen molar-refractivity contribution < 1.29 is 19.8 Å². The van der Waals surface area contributed by atoms with E-state index >= 15 is 0 Å². The molecule has 4 nitrogen and oxygen atoms in total. The molecule has 0 aliphatic carbocycles. The van der Waals surface area contributed by atoms with Gasteiger partial charge >= 0.3 is 11.9 Å². The standard InChI is InChI=1S/C17H14O4/c1-11-6-8-12(9-7-11)15(10-16(18)19)13-4-2-3-5-14(13)17(20)21/h2-10H,1H3,(H,18,19)(H,20,21). The zero-order valence-corrected chi connectivity index (χ0v) is 11.4. The Balaban J connectivity index is 2.65. The van der Waals surface area contributed by atoms with Crippen LogP contribution in [0.2, 0.25) is 0 Å². The molecule has 0 atom stereocenters. The van der Waals surface area contributed by atoms with Crippen LogP contribution in [0, 0.1) is 6.92 Å². The SMILES string of the molecule is Cc1ccc(C(=CC(=O)O)c2ccccc2C(=O)O)cc1. The monoisotopic (exact) mass is 282 g/mol. The Morgan fingerprint density at radius 1 is 0.905 bits per heavy atom. The van der Waals surface area contributed by atoms with E-state index in [-0.39, 0.29) is 5.56 Å². The highest BCUT2D eigenvalue weighted by atomic mass is 16.4. The first kappa shape index (κ1) is 14.5. The molecule has 0 saturated heterocycles. The Kier molecular flexibility index (Phi) is 4.18. The van der Waals surface area contributed by atoms with Crippen LogP contribution in [0.15, 0.2) is 54.6 Å². The van der Waals surface area contributed by atoms with Crippen molar-refractivity contribution in [3.05, 3.63) is 76.9 Å². The zero-order chi connectivity index (χ0) is 15.4. The van der Waals surface area contributed by atoms with Gasteiger partial charge in [-0.05, 0) is 29.7 Å². The van der Waals surface area contributed by atoms with E-state index in [4.69, 9.17) is 5.11 Å². The number of benzene rings is 2. The molecule has 106 valence electrons. The number of carbonyl (C=O) groups is 2. The summed E-state index contributed by atoms with van der Waals surface area (Å²) in [4.78, 5) is 22.4. The molecule has 0 aliphatic heterocycles. The molecule has 2 rings (SSSR count). The van der Waals surface area contributed by atoms with Gasteiger partial charge in [-0.25, -0.2) is 9.59 Å². The number of carboxylic acids is 2. The van der Waals surface area contributed by atoms with E-state index in [9.17, 15) is 14.7 Å². The predicted molar refractivity (Wildman–Crippen MR) is 79.3 cm³/mol. The summed E-state index contributed by atoms with van der Waals surface area (Å²) in [6, 6.07) is 13.6. The summed E-state index contributed by atoms with van der Waals surface area (Å²) in [6.07, 6.45) is 1.03. The molecule has 0 aromatic heterocycles. The van der Waals surface area contributed by atoms with E-state index in [1.54, 1.807) is 30.3 Å². The predicted octanol–water partition coefficient (Wildman–Crippen LogP) is 3.21. The number of aryl methyl sites for hydroxylation is 1. The Bertz CT molecular complexity index is 712.